The SMILES string of the molecule is C#CCN(CCC)C(=O)c1cc2sccc2s1. The maximum atomic E-state index is 12.2. The summed E-state index contributed by atoms with van der Waals surface area (Å²) in [6.45, 7) is 3.15. The van der Waals surface area contributed by atoms with Gasteiger partial charge in [0, 0.05) is 15.9 Å². The molecule has 0 aromatic carbocycles. The fourth-order valence-corrected chi connectivity index (χ4v) is 3.74. The molecule has 0 spiro atoms. The normalized spacial score (nSPS) is 10.4. The summed E-state index contributed by atoms with van der Waals surface area (Å²) in [5.41, 5.74) is 0. The predicted octanol–water partition coefficient (Wildman–Crippen LogP) is 3.45. The molecule has 0 aliphatic carbocycles. The van der Waals surface area contributed by atoms with Crippen LogP contribution >= 0.6 is 22.7 Å². The maximum absolute atomic E-state index is 12.2. The van der Waals surface area contributed by atoms with E-state index in [0.29, 0.717) is 13.1 Å². The van der Waals surface area contributed by atoms with Crippen LogP contribution in [0, 0.1) is 12.3 Å². The van der Waals surface area contributed by atoms with Crippen molar-refractivity contribution in [1.82, 2.24) is 4.90 Å². The zero-order valence-electron chi connectivity index (χ0n) is 9.60. The second kappa shape index (κ2) is 5.35. The number of amides is 1. The number of terminal acetylenes is 1. The summed E-state index contributed by atoms with van der Waals surface area (Å²) in [4.78, 5) is 14.8. The van der Waals surface area contributed by atoms with Gasteiger partial charge in [-0.05, 0) is 23.9 Å². The first-order chi connectivity index (χ1) is 8.26. The van der Waals surface area contributed by atoms with Crippen molar-refractivity contribution in [3.05, 3.63) is 22.4 Å². The third kappa shape index (κ3) is 2.51. The number of hydrogen-bond acceptors (Lipinski definition) is 3. The highest BCUT2D eigenvalue weighted by atomic mass is 32.1. The van der Waals surface area contributed by atoms with Crippen molar-refractivity contribution < 1.29 is 4.79 Å². The van der Waals surface area contributed by atoms with E-state index in [1.54, 1.807) is 27.6 Å². The molecule has 1 amide bonds. The first kappa shape index (κ1) is 12.2. The zero-order chi connectivity index (χ0) is 12.3. The van der Waals surface area contributed by atoms with E-state index in [1.807, 2.05) is 24.4 Å². The van der Waals surface area contributed by atoms with Crippen LogP contribution in [0.5, 0.6) is 0 Å². The Hall–Kier alpha value is -1.31. The van der Waals surface area contributed by atoms with Gasteiger partial charge in [-0.3, -0.25) is 4.79 Å². The van der Waals surface area contributed by atoms with E-state index < -0.39 is 0 Å². The first-order valence-corrected chi connectivity index (χ1v) is 7.15. The summed E-state index contributed by atoms with van der Waals surface area (Å²) < 4.78 is 2.35. The van der Waals surface area contributed by atoms with Gasteiger partial charge in [-0.2, -0.15) is 0 Å². The molecule has 2 heterocycles. The molecule has 0 saturated carbocycles. The Labute approximate surface area is 109 Å². The third-order valence-electron chi connectivity index (χ3n) is 2.41. The van der Waals surface area contributed by atoms with E-state index in [-0.39, 0.29) is 5.91 Å². The molecule has 0 radical (unpaired) electrons. The molecule has 0 aliphatic rings. The Morgan fingerprint density at radius 3 is 3.00 bits per heavy atom. The highest BCUT2D eigenvalue weighted by molar-refractivity contribution is 7.27. The Balaban J connectivity index is 2.23. The minimum absolute atomic E-state index is 0.0539. The van der Waals surface area contributed by atoms with Crippen LogP contribution in [0.2, 0.25) is 0 Å². The number of rotatable bonds is 4. The Kier molecular flexibility index (Phi) is 3.82. The zero-order valence-corrected chi connectivity index (χ0v) is 11.2. The van der Waals surface area contributed by atoms with Gasteiger partial charge in [0.1, 0.15) is 0 Å². The highest BCUT2D eigenvalue weighted by Gasteiger charge is 2.17. The van der Waals surface area contributed by atoms with Gasteiger partial charge in [0.25, 0.3) is 5.91 Å². The van der Waals surface area contributed by atoms with Crippen molar-refractivity contribution in [2.75, 3.05) is 13.1 Å². The molecule has 0 unspecified atom stereocenters. The van der Waals surface area contributed by atoms with Gasteiger partial charge in [0.2, 0.25) is 0 Å². The quantitative estimate of drug-likeness (QED) is 0.774. The number of nitrogens with zero attached hydrogens (tertiary/aromatic N) is 1. The average Bonchev–Trinajstić information content (AvgIpc) is 2.87. The van der Waals surface area contributed by atoms with Gasteiger partial charge in [0.15, 0.2) is 0 Å². The third-order valence-corrected chi connectivity index (χ3v) is 4.49. The van der Waals surface area contributed by atoms with E-state index in [9.17, 15) is 4.79 Å². The van der Waals surface area contributed by atoms with Crippen molar-refractivity contribution in [2.24, 2.45) is 0 Å². The van der Waals surface area contributed by atoms with Crippen molar-refractivity contribution in [3.63, 3.8) is 0 Å². The molecule has 2 aromatic heterocycles. The minimum Gasteiger partial charge on any atom is -0.327 e. The van der Waals surface area contributed by atoms with Crippen LogP contribution in [0.3, 0.4) is 0 Å². The van der Waals surface area contributed by atoms with Gasteiger partial charge in [0.05, 0.1) is 11.4 Å². The van der Waals surface area contributed by atoms with Crippen molar-refractivity contribution in [3.8, 4) is 12.3 Å². The van der Waals surface area contributed by atoms with E-state index in [1.165, 1.54) is 9.40 Å². The van der Waals surface area contributed by atoms with Gasteiger partial charge in [-0.25, -0.2) is 0 Å². The van der Waals surface area contributed by atoms with Crippen LogP contribution < -0.4 is 0 Å². The van der Waals surface area contributed by atoms with Gasteiger partial charge < -0.3 is 4.90 Å². The summed E-state index contributed by atoms with van der Waals surface area (Å²) in [7, 11) is 0. The molecule has 0 atom stereocenters. The minimum atomic E-state index is 0.0539. The Bertz CT molecular complexity index is 533. The van der Waals surface area contributed by atoms with Crippen LogP contribution in [0.25, 0.3) is 9.40 Å². The lowest BCUT2D eigenvalue weighted by Crippen LogP contribution is -2.31. The number of hydrogen-bond donors (Lipinski definition) is 0. The van der Waals surface area contributed by atoms with Gasteiger partial charge in [-0.1, -0.05) is 12.8 Å². The molecule has 2 nitrogen and oxygen atoms in total. The van der Waals surface area contributed by atoms with E-state index in [2.05, 4.69) is 5.92 Å². The number of thiophene rings is 2. The molecular formula is C13H13NOS2. The molecule has 0 aliphatic heterocycles. The van der Waals surface area contributed by atoms with Crippen LogP contribution in [-0.2, 0) is 0 Å². The second-order valence-electron chi connectivity index (χ2n) is 3.69. The Morgan fingerprint density at radius 2 is 2.35 bits per heavy atom. The molecule has 0 N–H and O–H groups in total. The molecule has 88 valence electrons. The molecule has 0 bridgehead atoms. The molecule has 2 aromatic rings. The molecule has 4 heteroatoms. The standard InChI is InChI=1S/C13H13NOS2/c1-3-6-14(7-4-2)13(15)12-9-11-10(17-12)5-8-16-11/h1,5,8-9H,4,6-7H2,2H3. The lowest BCUT2D eigenvalue weighted by molar-refractivity contribution is 0.0782. The summed E-state index contributed by atoms with van der Waals surface area (Å²) in [6.07, 6.45) is 6.22. The molecule has 0 fully saturated rings. The Morgan fingerprint density at radius 1 is 1.53 bits per heavy atom. The fraction of sp³-hybridized carbons (Fsp3) is 0.308. The van der Waals surface area contributed by atoms with Crippen molar-refractivity contribution in [1.29, 1.82) is 0 Å². The molecule has 2 rings (SSSR count). The lowest BCUT2D eigenvalue weighted by atomic mass is 10.3. The summed E-state index contributed by atoms with van der Waals surface area (Å²) in [5.74, 6) is 2.60. The van der Waals surface area contributed by atoms with Crippen LogP contribution in [0.15, 0.2) is 17.5 Å². The average molecular weight is 263 g/mol. The van der Waals surface area contributed by atoms with E-state index in [4.69, 9.17) is 6.42 Å². The van der Waals surface area contributed by atoms with Crippen molar-refractivity contribution >= 4 is 38.0 Å². The van der Waals surface area contributed by atoms with E-state index in [0.717, 1.165) is 11.3 Å². The van der Waals surface area contributed by atoms with Gasteiger partial charge >= 0.3 is 0 Å². The largest absolute Gasteiger partial charge is 0.327 e. The monoisotopic (exact) mass is 263 g/mol. The summed E-state index contributed by atoms with van der Waals surface area (Å²) in [6, 6.07) is 4.01. The lowest BCUT2D eigenvalue weighted by Gasteiger charge is -2.18. The topological polar surface area (TPSA) is 20.3 Å². The van der Waals surface area contributed by atoms with Crippen molar-refractivity contribution in [2.45, 2.75) is 13.3 Å². The number of carbonyl (C=O) groups is 1. The second-order valence-corrected chi connectivity index (χ2v) is 5.72. The first-order valence-electron chi connectivity index (χ1n) is 5.46. The predicted molar refractivity (Wildman–Crippen MR) is 74.7 cm³/mol. The number of fused-ring (bicyclic) bond motifs is 1. The maximum Gasteiger partial charge on any atom is 0.264 e. The molecule has 0 saturated heterocycles. The van der Waals surface area contributed by atoms with Crippen LogP contribution in [0.4, 0.5) is 0 Å². The smallest absolute Gasteiger partial charge is 0.264 e. The molecular weight excluding hydrogens is 250 g/mol. The van der Waals surface area contributed by atoms with E-state index >= 15 is 0 Å². The summed E-state index contributed by atoms with van der Waals surface area (Å²) >= 11 is 3.21. The summed E-state index contributed by atoms with van der Waals surface area (Å²) in [5, 5.41) is 2.04. The van der Waals surface area contributed by atoms with Crippen LogP contribution in [-0.4, -0.2) is 23.9 Å². The van der Waals surface area contributed by atoms with Crippen LogP contribution in [0.1, 0.15) is 23.0 Å². The fourth-order valence-electron chi connectivity index (χ4n) is 1.66. The number of carbonyl (C=O) groups excluding carboxylic acids is 1. The highest BCUT2D eigenvalue weighted by Crippen LogP contribution is 2.30. The van der Waals surface area contributed by atoms with Gasteiger partial charge in [-0.15, -0.1) is 29.1 Å². The molecule has 17 heavy (non-hydrogen) atoms.